The molecule has 2 aromatic rings. The van der Waals surface area contributed by atoms with Gasteiger partial charge in [-0.05, 0) is 24.3 Å². The van der Waals surface area contributed by atoms with E-state index >= 15 is 0 Å². The van der Waals surface area contributed by atoms with Crippen molar-refractivity contribution in [2.24, 2.45) is 4.99 Å². The van der Waals surface area contributed by atoms with Gasteiger partial charge in [0.25, 0.3) is 0 Å². The Morgan fingerprint density at radius 2 is 1.65 bits per heavy atom. The Balaban J connectivity index is 0.000000960. The summed E-state index contributed by atoms with van der Waals surface area (Å²) < 4.78 is 0. The van der Waals surface area contributed by atoms with Gasteiger partial charge in [-0.2, -0.15) is 0 Å². The van der Waals surface area contributed by atoms with Crippen LogP contribution >= 0.6 is 36.6 Å². The van der Waals surface area contributed by atoms with Crippen LogP contribution in [-0.4, -0.2) is 32.4 Å². The van der Waals surface area contributed by atoms with E-state index in [9.17, 15) is 0 Å². The SMILES string of the molecule is C1=Nc2ccccc2Sc2cccc(N3CCNCC3)c21.Cl.Cl. The van der Waals surface area contributed by atoms with Crippen LogP contribution in [0.25, 0.3) is 0 Å². The topological polar surface area (TPSA) is 27.6 Å². The van der Waals surface area contributed by atoms with Crippen molar-refractivity contribution in [1.82, 2.24) is 5.32 Å². The maximum absolute atomic E-state index is 4.70. The summed E-state index contributed by atoms with van der Waals surface area (Å²) in [6.07, 6.45) is 2.03. The van der Waals surface area contributed by atoms with E-state index < -0.39 is 0 Å². The fourth-order valence-corrected chi connectivity index (χ4v) is 3.86. The number of para-hydroxylation sites is 1. The van der Waals surface area contributed by atoms with Crippen LogP contribution in [-0.2, 0) is 0 Å². The Morgan fingerprint density at radius 3 is 2.48 bits per heavy atom. The maximum atomic E-state index is 4.70. The second-order valence-electron chi connectivity index (χ2n) is 5.25. The van der Waals surface area contributed by atoms with Gasteiger partial charge in [-0.25, -0.2) is 0 Å². The van der Waals surface area contributed by atoms with Gasteiger partial charge in [0.05, 0.1) is 5.69 Å². The predicted molar refractivity (Wildman–Crippen MR) is 104 cm³/mol. The molecule has 0 radical (unpaired) electrons. The number of piperazine rings is 1. The highest BCUT2D eigenvalue weighted by atomic mass is 35.5. The lowest BCUT2D eigenvalue weighted by molar-refractivity contribution is 0.589. The average Bonchev–Trinajstić information content (AvgIpc) is 2.74. The van der Waals surface area contributed by atoms with Crippen LogP contribution < -0.4 is 10.2 Å². The Bertz CT molecular complexity index is 700. The molecule has 0 saturated carbocycles. The van der Waals surface area contributed by atoms with E-state index in [2.05, 4.69) is 46.6 Å². The second-order valence-corrected chi connectivity index (χ2v) is 6.34. The van der Waals surface area contributed by atoms with Gasteiger partial charge in [-0.1, -0.05) is 30.0 Å². The molecule has 0 spiro atoms. The summed E-state index contributed by atoms with van der Waals surface area (Å²) >= 11 is 1.81. The van der Waals surface area contributed by atoms with Crippen molar-refractivity contribution in [3.8, 4) is 0 Å². The summed E-state index contributed by atoms with van der Waals surface area (Å²) in [6.45, 7) is 4.21. The number of aliphatic imine (C=N–C) groups is 1. The smallest absolute Gasteiger partial charge is 0.0769 e. The molecule has 6 heteroatoms. The number of anilines is 1. The predicted octanol–water partition coefficient (Wildman–Crippen LogP) is 4.16. The zero-order chi connectivity index (χ0) is 14.1. The van der Waals surface area contributed by atoms with E-state index in [0.717, 1.165) is 31.9 Å². The number of rotatable bonds is 1. The van der Waals surface area contributed by atoms with Gasteiger partial charge in [0.1, 0.15) is 0 Å². The number of halogens is 2. The Kier molecular flexibility index (Phi) is 6.36. The number of benzene rings is 2. The third-order valence-electron chi connectivity index (χ3n) is 3.92. The second kappa shape index (κ2) is 8.06. The van der Waals surface area contributed by atoms with Crippen molar-refractivity contribution in [2.45, 2.75) is 9.79 Å². The Morgan fingerprint density at radius 1 is 0.913 bits per heavy atom. The van der Waals surface area contributed by atoms with Crippen LogP contribution in [0.5, 0.6) is 0 Å². The van der Waals surface area contributed by atoms with Crippen molar-refractivity contribution in [3.63, 3.8) is 0 Å². The zero-order valence-corrected chi connectivity index (χ0v) is 15.0. The van der Waals surface area contributed by atoms with Crippen molar-refractivity contribution < 1.29 is 0 Å². The molecule has 1 fully saturated rings. The molecule has 3 nitrogen and oxygen atoms in total. The van der Waals surface area contributed by atoms with E-state index in [1.165, 1.54) is 21.0 Å². The minimum Gasteiger partial charge on any atom is -0.368 e. The molecule has 2 aliphatic rings. The molecule has 0 aliphatic carbocycles. The van der Waals surface area contributed by atoms with Crippen LogP contribution in [0.2, 0.25) is 0 Å². The van der Waals surface area contributed by atoms with Gasteiger partial charge in [-0.15, -0.1) is 24.8 Å². The molecule has 2 heterocycles. The summed E-state index contributed by atoms with van der Waals surface area (Å²) in [7, 11) is 0. The Hall–Kier alpha value is -1.20. The first-order valence-corrected chi connectivity index (χ1v) is 8.13. The number of nitrogens with one attached hydrogen (secondary N) is 1. The standard InChI is InChI=1S/C17H17N3S.2ClH/c1-2-6-17-14(4-1)19-12-13-15(5-3-7-16(13)21-17)20-10-8-18-9-11-20;;/h1-7,12,18H,8-11H2;2*1H. The van der Waals surface area contributed by atoms with Crippen molar-refractivity contribution in [1.29, 1.82) is 0 Å². The van der Waals surface area contributed by atoms with E-state index in [1.54, 1.807) is 0 Å². The highest BCUT2D eigenvalue weighted by molar-refractivity contribution is 7.99. The first-order chi connectivity index (χ1) is 10.4. The number of hydrogen-bond acceptors (Lipinski definition) is 4. The van der Waals surface area contributed by atoms with Crippen LogP contribution in [0, 0.1) is 0 Å². The van der Waals surface area contributed by atoms with Gasteiger partial charge < -0.3 is 10.2 Å². The first kappa shape index (κ1) is 18.1. The van der Waals surface area contributed by atoms with E-state index in [1.807, 2.05) is 24.0 Å². The van der Waals surface area contributed by atoms with Crippen molar-refractivity contribution in [3.05, 3.63) is 48.0 Å². The molecular weight excluding hydrogens is 349 g/mol. The lowest BCUT2D eigenvalue weighted by atomic mass is 10.1. The molecule has 1 N–H and O–H groups in total. The zero-order valence-electron chi connectivity index (χ0n) is 12.6. The van der Waals surface area contributed by atoms with Crippen LogP contribution in [0.4, 0.5) is 11.4 Å². The molecular formula is C17H19Cl2N3S. The highest BCUT2D eigenvalue weighted by Crippen LogP contribution is 2.41. The van der Waals surface area contributed by atoms with Crippen LogP contribution in [0.1, 0.15) is 5.56 Å². The van der Waals surface area contributed by atoms with Gasteiger partial charge in [0, 0.05) is 53.4 Å². The van der Waals surface area contributed by atoms with E-state index in [0.29, 0.717) is 0 Å². The molecule has 4 rings (SSSR count). The van der Waals surface area contributed by atoms with Crippen molar-refractivity contribution in [2.75, 3.05) is 31.1 Å². The number of hydrogen-bond donors (Lipinski definition) is 1. The number of nitrogens with zero attached hydrogens (tertiary/aromatic N) is 2. The molecule has 23 heavy (non-hydrogen) atoms. The molecule has 0 amide bonds. The highest BCUT2D eigenvalue weighted by Gasteiger charge is 2.18. The van der Waals surface area contributed by atoms with Crippen LogP contribution in [0.3, 0.4) is 0 Å². The third-order valence-corrected chi connectivity index (χ3v) is 5.06. The summed E-state index contributed by atoms with van der Waals surface area (Å²) in [5.41, 5.74) is 3.61. The summed E-state index contributed by atoms with van der Waals surface area (Å²) in [4.78, 5) is 9.67. The van der Waals surface area contributed by atoms with Crippen molar-refractivity contribution >= 4 is 54.2 Å². The Labute approximate surface area is 153 Å². The minimum atomic E-state index is 0. The quantitative estimate of drug-likeness (QED) is 0.699. The minimum absolute atomic E-state index is 0. The fourth-order valence-electron chi connectivity index (χ4n) is 2.84. The van der Waals surface area contributed by atoms with E-state index in [-0.39, 0.29) is 24.8 Å². The molecule has 0 bridgehead atoms. The molecule has 2 aliphatic heterocycles. The molecule has 0 unspecified atom stereocenters. The van der Waals surface area contributed by atoms with Gasteiger partial charge >= 0.3 is 0 Å². The molecule has 1 saturated heterocycles. The van der Waals surface area contributed by atoms with Gasteiger partial charge in [0.15, 0.2) is 0 Å². The van der Waals surface area contributed by atoms with Crippen LogP contribution in [0.15, 0.2) is 57.2 Å². The van der Waals surface area contributed by atoms with Gasteiger partial charge in [-0.3, -0.25) is 4.99 Å². The normalized spacial score (nSPS) is 15.6. The largest absolute Gasteiger partial charge is 0.368 e. The van der Waals surface area contributed by atoms with Gasteiger partial charge in [0.2, 0.25) is 0 Å². The summed E-state index contributed by atoms with van der Waals surface area (Å²) in [5.74, 6) is 0. The van der Waals surface area contributed by atoms with E-state index in [4.69, 9.17) is 4.99 Å². The monoisotopic (exact) mass is 367 g/mol. The average molecular weight is 368 g/mol. The lowest BCUT2D eigenvalue weighted by Crippen LogP contribution is -2.43. The fraction of sp³-hybridized carbons (Fsp3) is 0.235. The molecule has 0 aromatic heterocycles. The molecule has 122 valence electrons. The third kappa shape index (κ3) is 3.66. The molecule has 0 atom stereocenters. The molecule has 2 aromatic carbocycles. The number of fused-ring (bicyclic) bond motifs is 2. The maximum Gasteiger partial charge on any atom is 0.0769 e. The summed E-state index contributed by atoms with van der Waals surface area (Å²) in [5, 5.41) is 3.41. The summed E-state index contributed by atoms with van der Waals surface area (Å²) in [6, 6.07) is 14.9. The first-order valence-electron chi connectivity index (χ1n) is 7.31. The lowest BCUT2D eigenvalue weighted by Gasteiger charge is -2.31.